The van der Waals surface area contributed by atoms with Crippen molar-refractivity contribution >= 4 is 11.3 Å². The zero-order valence-corrected chi connectivity index (χ0v) is 11.8. The van der Waals surface area contributed by atoms with Gasteiger partial charge in [-0.25, -0.2) is 0 Å². The quantitative estimate of drug-likeness (QED) is 0.572. The molecule has 1 heterocycles. The molecule has 0 aromatic carbocycles. The molecule has 0 atom stereocenters. The molecule has 0 radical (unpaired) electrons. The Hall–Kier alpha value is -0.780. The number of aryl methyl sites for hydroxylation is 1. The molecule has 0 saturated carbocycles. The van der Waals surface area contributed by atoms with Crippen LogP contribution in [0.5, 0.6) is 0 Å². The first kappa shape index (κ1) is 14.3. The molecule has 0 aliphatic carbocycles. The molecule has 0 fully saturated rings. The Labute approximate surface area is 110 Å². The molecule has 1 nitrogen and oxygen atoms in total. The maximum atomic E-state index is 3.30. The fourth-order valence-corrected chi connectivity index (χ4v) is 2.54. The molecule has 0 bridgehead atoms. The Morgan fingerprint density at radius 2 is 2.18 bits per heavy atom. The first-order valence-corrected chi connectivity index (χ1v) is 7.46. The number of thiophene rings is 1. The number of rotatable bonds is 7. The Morgan fingerprint density at radius 3 is 2.94 bits per heavy atom. The number of nitrogens with one attached hydrogen (secondary N) is 1. The number of hydrogen-bond acceptors (Lipinski definition) is 2. The molecule has 94 valence electrons. The van der Waals surface area contributed by atoms with Crippen LogP contribution >= 0.6 is 11.3 Å². The normalized spacial score (nSPS) is 10.0. The zero-order valence-electron chi connectivity index (χ0n) is 11.0. The zero-order chi connectivity index (χ0) is 12.3. The smallest absolute Gasteiger partial charge is 0.0800 e. The van der Waals surface area contributed by atoms with Crippen LogP contribution in [0.3, 0.4) is 0 Å². The van der Waals surface area contributed by atoms with Gasteiger partial charge in [-0.3, -0.25) is 0 Å². The van der Waals surface area contributed by atoms with Gasteiger partial charge in [0.05, 0.1) is 4.88 Å². The summed E-state index contributed by atoms with van der Waals surface area (Å²) < 4.78 is 0. The minimum Gasteiger partial charge on any atom is -0.319 e. The molecule has 1 aromatic heterocycles. The third kappa shape index (κ3) is 5.91. The van der Waals surface area contributed by atoms with Crippen LogP contribution < -0.4 is 5.32 Å². The monoisotopic (exact) mass is 249 g/mol. The Kier molecular flexibility index (Phi) is 7.79. The largest absolute Gasteiger partial charge is 0.319 e. The van der Waals surface area contributed by atoms with Crippen LogP contribution in [0.15, 0.2) is 11.4 Å². The summed E-state index contributed by atoms with van der Waals surface area (Å²) in [4.78, 5) is 1.28. The van der Waals surface area contributed by atoms with Gasteiger partial charge < -0.3 is 5.32 Å². The molecule has 2 heteroatoms. The minimum atomic E-state index is 0.934. The van der Waals surface area contributed by atoms with Crippen LogP contribution in [-0.4, -0.2) is 13.6 Å². The molecule has 17 heavy (non-hydrogen) atoms. The lowest BCUT2D eigenvalue weighted by Gasteiger charge is -1.99. The first-order valence-electron chi connectivity index (χ1n) is 6.58. The Morgan fingerprint density at radius 1 is 1.29 bits per heavy atom. The van der Waals surface area contributed by atoms with Crippen molar-refractivity contribution in [2.24, 2.45) is 0 Å². The molecule has 0 aliphatic rings. The van der Waals surface area contributed by atoms with Crippen molar-refractivity contribution in [3.05, 3.63) is 21.9 Å². The lowest BCUT2D eigenvalue weighted by molar-refractivity contribution is 0.667. The van der Waals surface area contributed by atoms with E-state index in [-0.39, 0.29) is 0 Å². The van der Waals surface area contributed by atoms with Crippen LogP contribution in [0.1, 0.15) is 49.5 Å². The van der Waals surface area contributed by atoms with Crippen LogP contribution in [0.25, 0.3) is 0 Å². The van der Waals surface area contributed by atoms with Gasteiger partial charge in [0.25, 0.3) is 0 Å². The van der Waals surface area contributed by atoms with E-state index in [4.69, 9.17) is 0 Å². The summed E-state index contributed by atoms with van der Waals surface area (Å²) in [5.41, 5.74) is 1.45. The van der Waals surface area contributed by atoms with E-state index in [0.29, 0.717) is 0 Å². The molecule has 0 aliphatic heterocycles. The topological polar surface area (TPSA) is 12.0 Å². The van der Waals surface area contributed by atoms with Gasteiger partial charge in [0.1, 0.15) is 0 Å². The SMILES string of the molecule is CCCCCCc1ccsc1C#CCCNC. The fourth-order valence-electron chi connectivity index (χ4n) is 1.71. The van der Waals surface area contributed by atoms with Gasteiger partial charge >= 0.3 is 0 Å². The molecule has 1 N–H and O–H groups in total. The fraction of sp³-hybridized carbons (Fsp3) is 0.600. The molecular weight excluding hydrogens is 226 g/mol. The van der Waals surface area contributed by atoms with Crippen molar-refractivity contribution in [2.75, 3.05) is 13.6 Å². The highest BCUT2D eigenvalue weighted by Crippen LogP contribution is 2.18. The van der Waals surface area contributed by atoms with E-state index in [9.17, 15) is 0 Å². The molecule has 1 aromatic rings. The highest BCUT2D eigenvalue weighted by Gasteiger charge is 2.00. The second-order valence-corrected chi connectivity index (χ2v) is 5.16. The summed E-state index contributed by atoms with van der Waals surface area (Å²) in [6.07, 6.45) is 7.44. The van der Waals surface area contributed by atoms with E-state index in [1.54, 1.807) is 11.3 Å². The van der Waals surface area contributed by atoms with Gasteiger partial charge in [-0.05, 0) is 36.9 Å². The number of hydrogen-bond donors (Lipinski definition) is 1. The van der Waals surface area contributed by atoms with E-state index < -0.39 is 0 Å². The average molecular weight is 249 g/mol. The van der Waals surface area contributed by atoms with E-state index in [1.165, 1.54) is 42.5 Å². The van der Waals surface area contributed by atoms with Crippen molar-refractivity contribution in [1.29, 1.82) is 0 Å². The van der Waals surface area contributed by atoms with Crippen LogP contribution in [-0.2, 0) is 6.42 Å². The summed E-state index contributed by atoms with van der Waals surface area (Å²) >= 11 is 1.78. The third-order valence-corrected chi connectivity index (χ3v) is 3.62. The van der Waals surface area contributed by atoms with Crippen molar-refractivity contribution in [3.63, 3.8) is 0 Å². The van der Waals surface area contributed by atoms with Crippen LogP contribution in [0.2, 0.25) is 0 Å². The van der Waals surface area contributed by atoms with Crippen molar-refractivity contribution < 1.29 is 0 Å². The predicted octanol–water partition coefficient (Wildman–Crippen LogP) is 3.83. The maximum absolute atomic E-state index is 3.30. The van der Waals surface area contributed by atoms with Gasteiger partial charge in [0.2, 0.25) is 0 Å². The molecule has 0 saturated heterocycles. The molecule has 0 spiro atoms. The second-order valence-electron chi connectivity index (χ2n) is 4.24. The summed E-state index contributed by atoms with van der Waals surface area (Å²) in [5, 5.41) is 5.28. The first-order chi connectivity index (χ1) is 8.38. The van der Waals surface area contributed by atoms with Gasteiger partial charge in [-0.15, -0.1) is 11.3 Å². The molecule has 1 rings (SSSR count). The highest BCUT2D eigenvalue weighted by atomic mass is 32.1. The van der Waals surface area contributed by atoms with E-state index >= 15 is 0 Å². The van der Waals surface area contributed by atoms with E-state index in [2.05, 4.69) is 35.5 Å². The Balaban J connectivity index is 2.38. The highest BCUT2D eigenvalue weighted by molar-refractivity contribution is 7.10. The number of unbranched alkanes of at least 4 members (excludes halogenated alkanes) is 3. The molecule has 0 amide bonds. The second kappa shape index (κ2) is 9.27. The van der Waals surface area contributed by atoms with Crippen molar-refractivity contribution in [2.45, 2.75) is 45.4 Å². The van der Waals surface area contributed by atoms with Crippen LogP contribution in [0.4, 0.5) is 0 Å². The summed E-state index contributed by atoms with van der Waals surface area (Å²) in [6, 6.07) is 2.23. The molecular formula is C15H23NS. The lowest BCUT2D eigenvalue weighted by atomic mass is 10.1. The summed E-state index contributed by atoms with van der Waals surface area (Å²) in [7, 11) is 1.96. The summed E-state index contributed by atoms with van der Waals surface area (Å²) in [6.45, 7) is 3.23. The predicted molar refractivity (Wildman–Crippen MR) is 77.6 cm³/mol. The maximum Gasteiger partial charge on any atom is 0.0800 e. The van der Waals surface area contributed by atoms with Crippen molar-refractivity contribution in [3.8, 4) is 11.8 Å². The summed E-state index contributed by atoms with van der Waals surface area (Å²) in [5.74, 6) is 6.53. The van der Waals surface area contributed by atoms with Gasteiger partial charge in [-0.1, -0.05) is 38.0 Å². The van der Waals surface area contributed by atoms with E-state index in [1.807, 2.05) is 7.05 Å². The van der Waals surface area contributed by atoms with Gasteiger partial charge in [-0.2, -0.15) is 0 Å². The molecule has 0 unspecified atom stereocenters. The Bertz CT molecular complexity index is 356. The lowest BCUT2D eigenvalue weighted by Crippen LogP contribution is -2.05. The standard InChI is InChI=1S/C15H23NS/c1-3-4-5-6-9-14-11-13-17-15(14)10-7-8-12-16-2/h11,13,16H,3-6,8-9,12H2,1-2H3. The minimum absolute atomic E-state index is 0.934. The van der Waals surface area contributed by atoms with Gasteiger partial charge in [0, 0.05) is 13.0 Å². The average Bonchev–Trinajstić information content (AvgIpc) is 2.78. The van der Waals surface area contributed by atoms with Crippen LogP contribution in [0, 0.1) is 11.8 Å². The van der Waals surface area contributed by atoms with Gasteiger partial charge in [0.15, 0.2) is 0 Å². The third-order valence-electron chi connectivity index (χ3n) is 2.75. The van der Waals surface area contributed by atoms with Crippen molar-refractivity contribution in [1.82, 2.24) is 5.32 Å². The van der Waals surface area contributed by atoms with E-state index in [0.717, 1.165) is 13.0 Å².